The average molecular weight is 253 g/mol. The molecule has 1 aromatic carbocycles. The van der Waals surface area contributed by atoms with Crippen LogP contribution in [-0.4, -0.2) is 11.2 Å². The van der Waals surface area contributed by atoms with E-state index >= 15 is 0 Å². The Morgan fingerprint density at radius 2 is 2.06 bits per heavy atom. The van der Waals surface area contributed by atoms with Gasteiger partial charge in [0.15, 0.2) is 0 Å². The summed E-state index contributed by atoms with van der Waals surface area (Å²) < 4.78 is 0. The van der Waals surface area contributed by atoms with Crippen molar-refractivity contribution in [3.63, 3.8) is 0 Å². The van der Waals surface area contributed by atoms with Gasteiger partial charge in [0.1, 0.15) is 0 Å². The Labute approximate surface area is 109 Å². The highest BCUT2D eigenvalue weighted by Crippen LogP contribution is 2.29. The van der Waals surface area contributed by atoms with Crippen LogP contribution >= 0.6 is 11.6 Å². The van der Waals surface area contributed by atoms with E-state index in [1.54, 1.807) is 0 Å². The van der Waals surface area contributed by atoms with Gasteiger partial charge in [-0.3, -0.25) is 0 Å². The SMILES string of the molecule is Cc1ccc(CC2CCCCC(O)C2)c(Cl)c1. The van der Waals surface area contributed by atoms with Crippen molar-refractivity contribution < 1.29 is 5.11 Å². The third-order valence-electron chi connectivity index (χ3n) is 3.72. The Bertz CT molecular complexity index is 375. The average Bonchev–Trinajstić information content (AvgIpc) is 2.47. The number of aliphatic hydroxyl groups excluding tert-OH is 1. The second-order valence-corrected chi connectivity index (χ2v) is 5.75. The number of aliphatic hydroxyl groups is 1. The zero-order valence-corrected chi connectivity index (χ0v) is 11.2. The minimum absolute atomic E-state index is 0.105. The van der Waals surface area contributed by atoms with Gasteiger partial charge in [0, 0.05) is 5.02 Å². The highest BCUT2D eigenvalue weighted by Gasteiger charge is 2.19. The molecule has 1 nitrogen and oxygen atoms in total. The fraction of sp³-hybridized carbons (Fsp3) is 0.600. The molecule has 0 amide bonds. The van der Waals surface area contributed by atoms with Crippen LogP contribution in [0.1, 0.15) is 43.2 Å². The first-order valence-electron chi connectivity index (χ1n) is 6.58. The van der Waals surface area contributed by atoms with E-state index in [0.29, 0.717) is 5.92 Å². The Morgan fingerprint density at radius 1 is 1.29 bits per heavy atom. The van der Waals surface area contributed by atoms with Gasteiger partial charge in [-0.15, -0.1) is 0 Å². The molecule has 0 heterocycles. The molecule has 0 saturated heterocycles. The van der Waals surface area contributed by atoms with Gasteiger partial charge in [-0.1, -0.05) is 43.0 Å². The zero-order valence-electron chi connectivity index (χ0n) is 10.5. The molecule has 1 aliphatic carbocycles. The molecule has 1 saturated carbocycles. The quantitative estimate of drug-likeness (QED) is 0.785. The molecule has 0 bridgehead atoms. The van der Waals surface area contributed by atoms with Crippen molar-refractivity contribution in [2.24, 2.45) is 5.92 Å². The summed E-state index contributed by atoms with van der Waals surface area (Å²) in [5.74, 6) is 0.590. The summed E-state index contributed by atoms with van der Waals surface area (Å²) in [5, 5.41) is 10.7. The topological polar surface area (TPSA) is 20.2 Å². The molecule has 94 valence electrons. The van der Waals surface area contributed by atoms with Crippen molar-refractivity contribution in [1.82, 2.24) is 0 Å². The minimum atomic E-state index is -0.105. The van der Waals surface area contributed by atoms with Crippen LogP contribution in [0.25, 0.3) is 0 Å². The predicted octanol–water partition coefficient (Wildman–Crippen LogP) is 4.13. The normalized spacial score (nSPS) is 25.6. The lowest BCUT2D eigenvalue weighted by atomic mass is 9.91. The fourth-order valence-corrected chi connectivity index (χ4v) is 3.06. The van der Waals surface area contributed by atoms with Gasteiger partial charge in [-0.05, 0) is 49.3 Å². The standard InChI is InChI=1S/C15H21ClO/c1-11-6-7-13(15(16)8-11)9-12-4-2-3-5-14(17)10-12/h6-8,12,14,17H,2-5,9-10H2,1H3. The number of hydrogen-bond acceptors (Lipinski definition) is 1. The number of aryl methyl sites for hydroxylation is 1. The molecular weight excluding hydrogens is 232 g/mol. The van der Waals surface area contributed by atoms with Crippen LogP contribution in [0.3, 0.4) is 0 Å². The third-order valence-corrected chi connectivity index (χ3v) is 4.07. The van der Waals surface area contributed by atoms with Crippen molar-refractivity contribution in [3.8, 4) is 0 Å². The molecule has 1 aromatic rings. The minimum Gasteiger partial charge on any atom is -0.393 e. The number of hydrogen-bond donors (Lipinski definition) is 1. The summed E-state index contributed by atoms with van der Waals surface area (Å²) in [6.07, 6.45) is 6.44. The first kappa shape index (κ1) is 12.9. The highest BCUT2D eigenvalue weighted by atomic mass is 35.5. The highest BCUT2D eigenvalue weighted by molar-refractivity contribution is 6.31. The van der Waals surface area contributed by atoms with E-state index in [1.807, 2.05) is 6.07 Å². The molecule has 2 atom stereocenters. The van der Waals surface area contributed by atoms with E-state index in [4.69, 9.17) is 11.6 Å². The first-order valence-corrected chi connectivity index (χ1v) is 6.96. The smallest absolute Gasteiger partial charge is 0.0543 e. The van der Waals surface area contributed by atoms with Crippen LogP contribution in [0.2, 0.25) is 5.02 Å². The first-order chi connectivity index (χ1) is 8.15. The molecule has 1 N–H and O–H groups in total. The maximum atomic E-state index is 9.82. The van der Waals surface area contributed by atoms with Gasteiger partial charge < -0.3 is 5.11 Å². The predicted molar refractivity (Wildman–Crippen MR) is 72.5 cm³/mol. The number of benzene rings is 1. The molecule has 2 rings (SSSR count). The second-order valence-electron chi connectivity index (χ2n) is 5.34. The maximum absolute atomic E-state index is 9.82. The molecule has 1 aliphatic rings. The summed E-state index contributed by atoms with van der Waals surface area (Å²) >= 11 is 6.26. The molecule has 2 unspecified atom stereocenters. The molecule has 0 spiro atoms. The van der Waals surface area contributed by atoms with E-state index in [0.717, 1.165) is 24.3 Å². The molecule has 1 fully saturated rings. The van der Waals surface area contributed by atoms with E-state index < -0.39 is 0 Å². The largest absolute Gasteiger partial charge is 0.393 e. The number of rotatable bonds is 2. The van der Waals surface area contributed by atoms with Crippen molar-refractivity contribution in [2.75, 3.05) is 0 Å². The Morgan fingerprint density at radius 3 is 2.82 bits per heavy atom. The van der Waals surface area contributed by atoms with Crippen LogP contribution in [0.5, 0.6) is 0 Å². The fourth-order valence-electron chi connectivity index (χ4n) is 2.75. The Balaban J connectivity index is 2.03. The molecular formula is C15H21ClO. The maximum Gasteiger partial charge on any atom is 0.0543 e. The van der Waals surface area contributed by atoms with Crippen LogP contribution in [0.15, 0.2) is 18.2 Å². The van der Waals surface area contributed by atoms with E-state index in [1.165, 1.54) is 30.4 Å². The lowest BCUT2D eigenvalue weighted by Crippen LogP contribution is -2.12. The summed E-state index contributed by atoms with van der Waals surface area (Å²) in [4.78, 5) is 0. The number of halogens is 1. The summed E-state index contributed by atoms with van der Waals surface area (Å²) in [7, 11) is 0. The Kier molecular flexibility index (Phi) is 4.47. The van der Waals surface area contributed by atoms with Crippen molar-refractivity contribution in [2.45, 2.75) is 51.6 Å². The summed E-state index contributed by atoms with van der Waals surface area (Å²) in [6.45, 7) is 2.06. The van der Waals surface area contributed by atoms with E-state index in [2.05, 4.69) is 19.1 Å². The summed E-state index contributed by atoms with van der Waals surface area (Å²) in [6, 6.07) is 6.29. The van der Waals surface area contributed by atoms with E-state index in [-0.39, 0.29) is 6.10 Å². The summed E-state index contributed by atoms with van der Waals surface area (Å²) in [5.41, 5.74) is 2.44. The molecule has 0 aliphatic heterocycles. The molecule has 17 heavy (non-hydrogen) atoms. The second kappa shape index (κ2) is 5.88. The van der Waals surface area contributed by atoms with Gasteiger partial charge in [0.05, 0.1) is 6.10 Å². The lowest BCUT2D eigenvalue weighted by Gasteiger charge is -2.17. The van der Waals surface area contributed by atoms with Crippen molar-refractivity contribution in [1.29, 1.82) is 0 Å². The third kappa shape index (κ3) is 3.72. The lowest BCUT2D eigenvalue weighted by molar-refractivity contribution is 0.141. The van der Waals surface area contributed by atoms with Crippen LogP contribution in [0.4, 0.5) is 0 Å². The van der Waals surface area contributed by atoms with Gasteiger partial charge >= 0.3 is 0 Å². The van der Waals surface area contributed by atoms with Crippen LogP contribution < -0.4 is 0 Å². The van der Waals surface area contributed by atoms with Gasteiger partial charge in [-0.2, -0.15) is 0 Å². The monoisotopic (exact) mass is 252 g/mol. The van der Waals surface area contributed by atoms with Gasteiger partial charge in [0.2, 0.25) is 0 Å². The van der Waals surface area contributed by atoms with Gasteiger partial charge in [-0.25, -0.2) is 0 Å². The van der Waals surface area contributed by atoms with Crippen LogP contribution in [-0.2, 0) is 6.42 Å². The molecule has 2 heteroatoms. The van der Waals surface area contributed by atoms with Crippen molar-refractivity contribution in [3.05, 3.63) is 34.3 Å². The van der Waals surface area contributed by atoms with E-state index in [9.17, 15) is 5.11 Å². The Hall–Kier alpha value is -0.530. The van der Waals surface area contributed by atoms with Crippen LogP contribution in [0, 0.1) is 12.8 Å². The molecule has 0 aromatic heterocycles. The zero-order chi connectivity index (χ0) is 12.3. The van der Waals surface area contributed by atoms with Gasteiger partial charge in [0.25, 0.3) is 0 Å². The molecule has 0 radical (unpaired) electrons. The van der Waals surface area contributed by atoms with Crippen molar-refractivity contribution >= 4 is 11.6 Å².